The highest BCUT2D eigenvalue weighted by molar-refractivity contribution is 5.95. The van der Waals surface area contributed by atoms with Gasteiger partial charge in [-0.1, -0.05) is 0 Å². The van der Waals surface area contributed by atoms with Crippen molar-refractivity contribution in [3.63, 3.8) is 0 Å². The first-order chi connectivity index (χ1) is 19.4. The molecule has 0 aliphatic carbocycles. The summed E-state index contributed by atoms with van der Waals surface area (Å²) in [5.74, 6) is 1.44. The zero-order chi connectivity index (χ0) is 27.8. The summed E-state index contributed by atoms with van der Waals surface area (Å²) in [7, 11) is 0. The molecule has 3 aliphatic rings. The van der Waals surface area contributed by atoms with E-state index in [0.717, 1.165) is 73.9 Å². The minimum Gasteiger partial charge on any atom is -0.370 e. The van der Waals surface area contributed by atoms with Crippen molar-refractivity contribution in [1.82, 2.24) is 19.9 Å². The number of nitrogens with two attached hydrogens (primary N) is 1. The third-order valence-corrected chi connectivity index (χ3v) is 8.09. The van der Waals surface area contributed by atoms with Crippen LogP contribution < -0.4 is 20.4 Å². The van der Waals surface area contributed by atoms with Crippen LogP contribution in [0.15, 0.2) is 36.5 Å². The first-order valence-corrected chi connectivity index (χ1v) is 14.0. The van der Waals surface area contributed by atoms with Gasteiger partial charge in [0.15, 0.2) is 0 Å². The van der Waals surface area contributed by atoms with Crippen LogP contribution in [0.4, 0.5) is 21.8 Å². The van der Waals surface area contributed by atoms with Gasteiger partial charge in [0.2, 0.25) is 5.95 Å². The number of halogens is 1. The first kappa shape index (κ1) is 26.6. The van der Waals surface area contributed by atoms with Crippen LogP contribution in [0, 0.1) is 18.3 Å². The minimum atomic E-state index is -1.05. The van der Waals surface area contributed by atoms with E-state index in [1.807, 2.05) is 42.2 Å². The van der Waals surface area contributed by atoms with Gasteiger partial charge in [-0.2, -0.15) is 10.2 Å². The number of nitriles is 1. The van der Waals surface area contributed by atoms with Gasteiger partial charge < -0.3 is 25.2 Å². The Balaban J connectivity index is 1.10. The summed E-state index contributed by atoms with van der Waals surface area (Å²) >= 11 is 0. The van der Waals surface area contributed by atoms with Gasteiger partial charge >= 0.3 is 0 Å². The Kier molecular flexibility index (Phi) is 7.40. The average Bonchev–Trinajstić information content (AvgIpc) is 3.30. The molecule has 2 aromatic heterocycles. The molecule has 3 aromatic rings. The number of alkyl halides is 1. The van der Waals surface area contributed by atoms with E-state index in [1.54, 1.807) is 6.20 Å². The van der Waals surface area contributed by atoms with Crippen LogP contribution in [0.5, 0.6) is 0 Å². The molecule has 4 atom stereocenters. The van der Waals surface area contributed by atoms with E-state index in [4.69, 9.17) is 15.5 Å². The number of morpholine rings is 1. The van der Waals surface area contributed by atoms with Crippen molar-refractivity contribution in [2.24, 2.45) is 5.73 Å². The van der Waals surface area contributed by atoms with Crippen molar-refractivity contribution in [1.29, 1.82) is 5.26 Å². The number of aryl methyl sites for hydroxylation is 1. The smallest absolute Gasteiger partial charge is 0.227 e. The summed E-state index contributed by atoms with van der Waals surface area (Å²) in [6, 6.07) is 11.6. The van der Waals surface area contributed by atoms with Crippen molar-refractivity contribution < 1.29 is 9.13 Å². The lowest BCUT2D eigenvalue weighted by atomic mass is 10.1. The van der Waals surface area contributed by atoms with Gasteiger partial charge in [0, 0.05) is 81.4 Å². The summed E-state index contributed by atoms with van der Waals surface area (Å²) in [5.41, 5.74) is 9.19. The topological polar surface area (TPSA) is 111 Å². The van der Waals surface area contributed by atoms with Crippen LogP contribution in [-0.4, -0.2) is 103 Å². The number of anilines is 3. The van der Waals surface area contributed by atoms with Crippen LogP contribution >= 0.6 is 0 Å². The molecule has 6 rings (SSSR count). The fraction of sp³-hybridized carbons (Fsp3) is 0.517. The number of ether oxygens (including phenoxy) is 1. The first-order valence-electron chi connectivity index (χ1n) is 14.0. The van der Waals surface area contributed by atoms with Crippen LogP contribution in [0.3, 0.4) is 0 Å². The lowest BCUT2D eigenvalue weighted by molar-refractivity contribution is -0.0327. The molecule has 0 saturated carbocycles. The molecule has 2 N–H and O–H groups in total. The van der Waals surface area contributed by atoms with E-state index >= 15 is 0 Å². The molecule has 3 saturated heterocycles. The number of fused-ring (bicyclic) bond motifs is 1. The Hall–Kier alpha value is -3.59. The quantitative estimate of drug-likeness (QED) is 0.512. The number of benzene rings is 1. The molecule has 10 nitrogen and oxygen atoms in total. The van der Waals surface area contributed by atoms with E-state index in [-0.39, 0.29) is 18.8 Å². The predicted octanol–water partition coefficient (Wildman–Crippen LogP) is 2.11. The number of rotatable bonds is 5. The van der Waals surface area contributed by atoms with Crippen LogP contribution in [0.1, 0.15) is 18.2 Å². The third-order valence-electron chi connectivity index (χ3n) is 8.09. The number of nitrogens with zero attached hydrogens (tertiary/aromatic N) is 8. The van der Waals surface area contributed by atoms with Gasteiger partial charge in [-0.25, -0.2) is 9.37 Å². The molecule has 0 spiro atoms. The SMILES string of the molecule is Cc1cc(N2CCN(C[C@H]3CN(c4ccc(C#N)c5ncccc45)C[C@@H](C)O3)CC2)nc(N2C[C@@H](N)[C@@H](F)C2)n1. The summed E-state index contributed by atoms with van der Waals surface area (Å²) in [4.78, 5) is 22.8. The molecule has 1 aromatic carbocycles. The van der Waals surface area contributed by atoms with E-state index in [1.165, 1.54) is 0 Å². The Morgan fingerprint density at radius 3 is 2.62 bits per heavy atom. The normalized spacial score (nSPS) is 25.9. The Morgan fingerprint density at radius 2 is 1.88 bits per heavy atom. The maximum absolute atomic E-state index is 14.0. The second kappa shape index (κ2) is 11.1. The standard InChI is InChI=1S/C29H36FN9O/c1-19-12-27(35-29(34-19)39-17-24(30)25(32)18-39)37-10-8-36(9-11-37)15-22-16-38(14-20(2)40-22)26-6-5-21(13-31)28-23(26)4-3-7-33-28/h3-7,12,20,22,24-25H,8-11,14-18,32H2,1-2H3/t20-,22+,24+,25-/m1/s1. The van der Waals surface area contributed by atoms with Crippen molar-refractivity contribution in [3.8, 4) is 6.07 Å². The molecule has 3 fully saturated rings. The molecule has 40 heavy (non-hydrogen) atoms. The second-order valence-corrected chi connectivity index (χ2v) is 11.2. The van der Waals surface area contributed by atoms with E-state index in [2.05, 4.69) is 37.7 Å². The molecule has 210 valence electrons. The van der Waals surface area contributed by atoms with Gasteiger partial charge in [-0.3, -0.25) is 9.88 Å². The van der Waals surface area contributed by atoms with E-state index < -0.39 is 12.2 Å². The lowest BCUT2D eigenvalue weighted by Crippen LogP contribution is -2.54. The molecule has 3 aliphatic heterocycles. The van der Waals surface area contributed by atoms with Crippen molar-refractivity contribution >= 4 is 28.4 Å². The zero-order valence-electron chi connectivity index (χ0n) is 23.1. The number of aromatic nitrogens is 3. The maximum atomic E-state index is 14.0. The van der Waals surface area contributed by atoms with Gasteiger partial charge in [0.05, 0.1) is 35.9 Å². The molecule has 0 amide bonds. The Labute approximate surface area is 234 Å². The largest absolute Gasteiger partial charge is 0.370 e. The lowest BCUT2D eigenvalue weighted by Gasteiger charge is -2.42. The summed E-state index contributed by atoms with van der Waals surface area (Å²) in [5, 5.41) is 10.5. The molecule has 0 bridgehead atoms. The second-order valence-electron chi connectivity index (χ2n) is 11.2. The van der Waals surface area contributed by atoms with Gasteiger partial charge in [-0.15, -0.1) is 0 Å². The number of piperazine rings is 1. The average molecular weight is 546 g/mol. The molecule has 11 heteroatoms. The Morgan fingerprint density at radius 1 is 1.05 bits per heavy atom. The molecular formula is C29H36FN9O. The minimum absolute atomic E-state index is 0.0681. The van der Waals surface area contributed by atoms with Crippen LogP contribution in [0.2, 0.25) is 0 Å². The number of hydrogen-bond acceptors (Lipinski definition) is 10. The van der Waals surface area contributed by atoms with Gasteiger partial charge in [0.1, 0.15) is 18.1 Å². The zero-order valence-corrected chi connectivity index (χ0v) is 23.1. The maximum Gasteiger partial charge on any atom is 0.227 e. The van der Waals surface area contributed by atoms with E-state index in [0.29, 0.717) is 18.1 Å². The summed E-state index contributed by atoms with van der Waals surface area (Å²) in [6.07, 6.45) is 0.845. The number of hydrogen-bond donors (Lipinski definition) is 1. The number of pyridine rings is 1. The molecule has 5 heterocycles. The highest BCUT2D eigenvalue weighted by Crippen LogP contribution is 2.30. The Bertz CT molecular complexity index is 1400. The predicted molar refractivity (Wildman–Crippen MR) is 154 cm³/mol. The third kappa shape index (κ3) is 5.39. The van der Waals surface area contributed by atoms with Crippen LogP contribution in [-0.2, 0) is 4.74 Å². The fourth-order valence-electron chi connectivity index (χ4n) is 6.11. The van der Waals surface area contributed by atoms with Crippen molar-refractivity contribution in [2.75, 3.05) is 73.6 Å². The van der Waals surface area contributed by atoms with Crippen molar-refractivity contribution in [3.05, 3.63) is 47.8 Å². The van der Waals surface area contributed by atoms with Gasteiger partial charge in [0.25, 0.3) is 0 Å². The van der Waals surface area contributed by atoms with Crippen LogP contribution in [0.25, 0.3) is 10.9 Å². The fourth-order valence-corrected chi connectivity index (χ4v) is 6.11. The van der Waals surface area contributed by atoms with Crippen molar-refractivity contribution in [2.45, 2.75) is 38.3 Å². The molecular weight excluding hydrogens is 509 g/mol. The monoisotopic (exact) mass is 545 g/mol. The molecule has 0 radical (unpaired) electrons. The highest BCUT2D eigenvalue weighted by Gasteiger charge is 2.33. The molecule has 0 unspecified atom stereocenters. The van der Waals surface area contributed by atoms with E-state index in [9.17, 15) is 9.65 Å². The van der Waals surface area contributed by atoms with Gasteiger partial charge in [-0.05, 0) is 38.1 Å². The summed E-state index contributed by atoms with van der Waals surface area (Å²) in [6.45, 7) is 10.7. The summed E-state index contributed by atoms with van der Waals surface area (Å²) < 4.78 is 20.4. The highest BCUT2D eigenvalue weighted by atomic mass is 19.1.